The highest BCUT2D eigenvalue weighted by atomic mass is 35.5. The molecule has 0 unspecified atom stereocenters. The first-order valence-corrected chi connectivity index (χ1v) is 10.2. The fourth-order valence-electron chi connectivity index (χ4n) is 3.39. The van der Waals surface area contributed by atoms with Crippen LogP contribution in [0.25, 0.3) is 5.57 Å². The molecule has 7 heteroatoms. The van der Waals surface area contributed by atoms with E-state index in [0.717, 1.165) is 10.5 Å². The summed E-state index contributed by atoms with van der Waals surface area (Å²) in [5.41, 5.74) is 2.81. The van der Waals surface area contributed by atoms with Crippen LogP contribution in [0.5, 0.6) is 5.75 Å². The number of hydrogen-bond donors (Lipinski definition) is 1. The fourth-order valence-corrected chi connectivity index (χ4v) is 3.78. The molecule has 0 atom stereocenters. The Morgan fingerprint density at radius 1 is 0.903 bits per heavy atom. The second-order valence-electron chi connectivity index (χ2n) is 6.96. The Bertz CT molecular complexity index is 1220. The highest BCUT2D eigenvalue weighted by Gasteiger charge is 2.41. The number of benzene rings is 3. The van der Waals surface area contributed by atoms with E-state index >= 15 is 0 Å². The molecule has 1 aliphatic rings. The summed E-state index contributed by atoms with van der Waals surface area (Å²) >= 11 is 12.5. The summed E-state index contributed by atoms with van der Waals surface area (Å²) in [5, 5.41) is 3.95. The van der Waals surface area contributed by atoms with Crippen LogP contribution in [0.4, 0.5) is 11.4 Å². The fraction of sp³-hybridized carbons (Fsp3) is 0.0833. The lowest BCUT2D eigenvalue weighted by Gasteiger charge is -2.17. The van der Waals surface area contributed by atoms with E-state index in [1.165, 1.54) is 0 Å². The van der Waals surface area contributed by atoms with Gasteiger partial charge in [-0.3, -0.25) is 9.59 Å². The molecular weight excluding hydrogens is 435 g/mol. The highest BCUT2D eigenvalue weighted by molar-refractivity contribution is 6.48. The van der Waals surface area contributed by atoms with Gasteiger partial charge < -0.3 is 10.1 Å². The number of nitrogens with zero attached hydrogens (tertiary/aromatic N) is 1. The predicted octanol–water partition coefficient (Wildman–Crippen LogP) is 5.71. The lowest BCUT2D eigenvalue weighted by Crippen LogP contribution is -2.32. The van der Waals surface area contributed by atoms with Crippen LogP contribution in [0.1, 0.15) is 11.1 Å². The number of methoxy groups -OCH3 is 1. The van der Waals surface area contributed by atoms with Gasteiger partial charge in [0.15, 0.2) is 0 Å². The standard InChI is InChI=1S/C24H18Cl2N2O3/c1-14-7-10-16(25)13-19(14)27-22-21(15-8-11-17(31-2)12-9-15)23(29)28(24(22)30)20-6-4-3-5-18(20)26/h3-13,27H,1-2H3. The van der Waals surface area contributed by atoms with E-state index < -0.39 is 11.8 Å². The van der Waals surface area contributed by atoms with Crippen molar-refractivity contribution < 1.29 is 14.3 Å². The van der Waals surface area contributed by atoms with Crippen LogP contribution < -0.4 is 15.0 Å². The van der Waals surface area contributed by atoms with E-state index in [1.807, 2.05) is 13.0 Å². The first kappa shape index (κ1) is 21.0. The molecule has 3 aromatic carbocycles. The second-order valence-corrected chi connectivity index (χ2v) is 7.80. The predicted molar refractivity (Wildman–Crippen MR) is 124 cm³/mol. The Hall–Kier alpha value is -3.28. The van der Waals surface area contributed by atoms with Crippen molar-refractivity contribution in [2.24, 2.45) is 0 Å². The van der Waals surface area contributed by atoms with E-state index in [4.69, 9.17) is 27.9 Å². The van der Waals surface area contributed by atoms with Gasteiger partial charge in [-0.25, -0.2) is 4.90 Å². The second kappa shape index (κ2) is 8.46. The lowest BCUT2D eigenvalue weighted by atomic mass is 10.0. The molecule has 156 valence electrons. The molecule has 0 bridgehead atoms. The number of para-hydroxylation sites is 1. The summed E-state index contributed by atoms with van der Waals surface area (Å²) in [6.45, 7) is 1.89. The van der Waals surface area contributed by atoms with Crippen LogP contribution >= 0.6 is 23.2 Å². The third-order valence-electron chi connectivity index (χ3n) is 5.02. The molecule has 5 nitrogen and oxygen atoms in total. The van der Waals surface area contributed by atoms with Crippen molar-refractivity contribution in [2.75, 3.05) is 17.3 Å². The highest BCUT2D eigenvalue weighted by Crippen LogP contribution is 2.37. The molecule has 0 fully saturated rings. The Balaban J connectivity index is 1.86. The molecule has 1 heterocycles. The number of halogens is 2. The minimum atomic E-state index is -0.497. The van der Waals surface area contributed by atoms with Crippen molar-refractivity contribution in [1.82, 2.24) is 0 Å². The van der Waals surface area contributed by atoms with Crippen molar-refractivity contribution in [3.63, 3.8) is 0 Å². The van der Waals surface area contributed by atoms with Crippen LogP contribution in [0, 0.1) is 6.92 Å². The third kappa shape index (κ3) is 3.90. The summed E-state index contributed by atoms with van der Waals surface area (Å²) < 4.78 is 5.21. The summed E-state index contributed by atoms with van der Waals surface area (Å²) in [5.74, 6) is -0.321. The van der Waals surface area contributed by atoms with Crippen molar-refractivity contribution in [1.29, 1.82) is 0 Å². The molecule has 0 spiro atoms. The van der Waals surface area contributed by atoms with Gasteiger partial charge in [-0.1, -0.05) is 53.5 Å². The van der Waals surface area contributed by atoms with E-state index in [0.29, 0.717) is 32.7 Å². The van der Waals surface area contributed by atoms with Crippen molar-refractivity contribution >= 4 is 52.0 Å². The summed E-state index contributed by atoms with van der Waals surface area (Å²) in [6, 6.07) is 19.0. The maximum absolute atomic E-state index is 13.5. The number of nitrogens with one attached hydrogen (secondary N) is 1. The van der Waals surface area contributed by atoms with Gasteiger partial charge in [-0.05, 0) is 54.4 Å². The minimum absolute atomic E-state index is 0.153. The van der Waals surface area contributed by atoms with E-state index in [2.05, 4.69) is 5.32 Å². The first-order valence-electron chi connectivity index (χ1n) is 9.46. The zero-order valence-electron chi connectivity index (χ0n) is 16.8. The quantitative estimate of drug-likeness (QED) is 0.503. The van der Waals surface area contributed by atoms with Crippen LogP contribution in [0.3, 0.4) is 0 Å². The zero-order chi connectivity index (χ0) is 22.1. The zero-order valence-corrected chi connectivity index (χ0v) is 18.3. The number of imide groups is 1. The SMILES string of the molecule is COc1ccc(C2=C(Nc3cc(Cl)ccc3C)C(=O)N(c3ccccc3Cl)C2=O)cc1. The first-order chi connectivity index (χ1) is 14.9. The Kier molecular flexibility index (Phi) is 5.72. The summed E-state index contributed by atoms with van der Waals surface area (Å²) in [6.07, 6.45) is 0. The molecule has 3 aromatic rings. The van der Waals surface area contributed by atoms with E-state index in [1.54, 1.807) is 67.8 Å². The summed E-state index contributed by atoms with van der Waals surface area (Å²) in [4.78, 5) is 28.0. The van der Waals surface area contributed by atoms with Gasteiger partial charge in [0.2, 0.25) is 0 Å². The Morgan fingerprint density at radius 2 is 1.61 bits per heavy atom. The Morgan fingerprint density at radius 3 is 2.29 bits per heavy atom. The number of carbonyl (C=O) groups excluding carboxylic acids is 2. The number of anilines is 2. The molecule has 31 heavy (non-hydrogen) atoms. The van der Waals surface area contributed by atoms with Gasteiger partial charge in [-0.15, -0.1) is 0 Å². The maximum Gasteiger partial charge on any atom is 0.282 e. The number of hydrogen-bond acceptors (Lipinski definition) is 4. The van der Waals surface area contributed by atoms with Gasteiger partial charge in [0.25, 0.3) is 11.8 Å². The number of rotatable bonds is 5. The molecule has 4 rings (SSSR count). The number of ether oxygens (including phenoxy) is 1. The smallest absolute Gasteiger partial charge is 0.282 e. The number of amides is 2. The minimum Gasteiger partial charge on any atom is -0.497 e. The maximum atomic E-state index is 13.5. The average molecular weight is 453 g/mol. The van der Waals surface area contributed by atoms with E-state index in [-0.39, 0.29) is 11.3 Å². The largest absolute Gasteiger partial charge is 0.497 e. The molecule has 1 N–H and O–H groups in total. The van der Waals surface area contributed by atoms with Crippen molar-refractivity contribution in [3.05, 3.63) is 93.6 Å². The molecule has 0 saturated carbocycles. The van der Waals surface area contributed by atoms with Gasteiger partial charge in [0.05, 0.1) is 23.4 Å². The van der Waals surface area contributed by atoms with Gasteiger partial charge in [0, 0.05) is 10.7 Å². The topological polar surface area (TPSA) is 58.6 Å². The lowest BCUT2D eigenvalue weighted by molar-refractivity contribution is -0.120. The molecule has 0 radical (unpaired) electrons. The third-order valence-corrected chi connectivity index (χ3v) is 5.57. The summed E-state index contributed by atoms with van der Waals surface area (Å²) in [7, 11) is 1.56. The average Bonchev–Trinajstić information content (AvgIpc) is 3.01. The van der Waals surface area contributed by atoms with E-state index in [9.17, 15) is 9.59 Å². The van der Waals surface area contributed by atoms with Crippen LogP contribution in [0.15, 0.2) is 72.4 Å². The molecule has 0 aromatic heterocycles. The van der Waals surface area contributed by atoms with Crippen molar-refractivity contribution in [2.45, 2.75) is 6.92 Å². The Labute approximate surface area is 189 Å². The van der Waals surface area contributed by atoms with Crippen LogP contribution in [-0.2, 0) is 9.59 Å². The molecule has 0 aliphatic carbocycles. The van der Waals surface area contributed by atoms with Crippen LogP contribution in [-0.4, -0.2) is 18.9 Å². The van der Waals surface area contributed by atoms with Crippen LogP contribution in [0.2, 0.25) is 10.0 Å². The molecule has 1 aliphatic heterocycles. The number of aryl methyl sites for hydroxylation is 1. The number of carbonyl (C=O) groups is 2. The monoisotopic (exact) mass is 452 g/mol. The molecular formula is C24H18Cl2N2O3. The van der Waals surface area contributed by atoms with Gasteiger partial charge >= 0.3 is 0 Å². The normalized spacial score (nSPS) is 13.7. The molecule has 0 saturated heterocycles. The van der Waals surface area contributed by atoms with Gasteiger partial charge in [-0.2, -0.15) is 0 Å². The van der Waals surface area contributed by atoms with Gasteiger partial charge in [0.1, 0.15) is 11.4 Å². The van der Waals surface area contributed by atoms with Crippen molar-refractivity contribution in [3.8, 4) is 5.75 Å². The molecule has 2 amide bonds.